The van der Waals surface area contributed by atoms with Crippen molar-refractivity contribution in [2.24, 2.45) is 21.6 Å². The highest BCUT2D eigenvalue weighted by Crippen LogP contribution is 2.22. The smallest absolute Gasteiger partial charge is 0.146 e. The molecule has 0 amide bonds. The lowest BCUT2D eigenvalue weighted by Gasteiger charge is -2.35. The van der Waals surface area contributed by atoms with Gasteiger partial charge in [0.2, 0.25) is 0 Å². The van der Waals surface area contributed by atoms with Crippen LogP contribution in [0.5, 0.6) is 0 Å². The Morgan fingerprint density at radius 1 is 1.46 bits per heavy atom. The highest BCUT2D eigenvalue weighted by molar-refractivity contribution is 5.99. The Labute approximate surface area is 155 Å². The van der Waals surface area contributed by atoms with Crippen molar-refractivity contribution in [1.29, 1.82) is 0 Å². The van der Waals surface area contributed by atoms with E-state index in [9.17, 15) is 0 Å². The number of amidine groups is 1. The van der Waals surface area contributed by atoms with Gasteiger partial charge in [-0.1, -0.05) is 13.3 Å². The molecule has 1 unspecified atom stereocenters. The third-order valence-electron chi connectivity index (χ3n) is 4.82. The summed E-state index contributed by atoms with van der Waals surface area (Å²) in [4.78, 5) is 6.84. The maximum atomic E-state index is 6.30. The first-order valence-electron chi connectivity index (χ1n) is 9.27. The fourth-order valence-electron chi connectivity index (χ4n) is 3.46. The van der Waals surface area contributed by atoms with Crippen LogP contribution in [-0.4, -0.2) is 42.1 Å². The van der Waals surface area contributed by atoms with Crippen molar-refractivity contribution in [1.82, 2.24) is 10.2 Å². The minimum Gasteiger partial charge on any atom is -0.402 e. The molecule has 0 saturated carbocycles. The Kier molecular flexibility index (Phi) is 5.78. The molecular formula is C19H29N7. The van der Waals surface area contributed by atoms with Crippen LogP contribution >= 0.6 is 0 Å². The predicted octanol–water partition coefficient (Wildman–Crippen LogP) is 1.57. The van der Waals surface area contributed by atoms with Gasteiger partial charge in [0.1, 0.15) is 11.7 Å². The van der Waals surface area contributed by atoms with Crippen LogP contribution in [0, 0.1) is 0 Å². The van der Waals surface area contributed by atoms with Crippen molar-refractivity contribution in [3.63, 3.8) is 0 Å². The zero-order valence-electron chi connectivity index (χ0n) is 15.6. The van der Waals surface area contributed by atoms with E-state index >= 15 is 0 Å². The summed E-state index contributed by atoms with van der Waals surface area (Å²) in [7, 11) is 0. The first-order valence-corrected chi connectivity index (χ1v) is 9.27. The molecule has 1 aromatic carbocycles. The summed E-state index contributed by atoms with van der Waals surface area (Å²) in [6, 6.07) is 6.51. The third-order valence-corrected chi connectivity index (χ3v) is 4.82. The molecule has 1 saturated heterocycles. The Bertz CT molecular complexity index is 733. The van der Waals surface area contributed by atoms with Crippen LogP contribution in [0.4, 0.5) is 5.69 Å². The number of hydrazone groups is 1. The van der Waals surface area contributed by atoms with E-state index in [0.29, 0.717) is 11.9 Å². The molecule has 2 heterocycles. The van der Waals surface area contributed by atoms with Gasteiger partial charge in [-0.15, -0.1) is 0 Å². The summed E-state index contributed by atoms with van der Waals surface area (Å²) in [6.07, 6.45) is 4.67. The summed E-state index contributed by atoms with van der Waals surface area (Å²) < 4.78 is 0. The summed E-state index contributed by atoms with van der Waals surface area (Å²) in [5.74, 6) is 1.22. The number of benzene rings is 1. The maximum absolute atomic E-state index is 6.30. The van der Waals surface area contributed by atoms with Crippen LogP contribution < -0.4 is 22.2 Å². The van der Waals surface area contributed by atoms with Crippen molar-refractivity contribution in [2.75, 3.05) is 25.1 Å². The number of nitrogens with zero attached hydrogens (tertiary/aromatic N) is 3. The highest BCUT2D eigenvalue weighted by atomic mass is 15.3. The molecule has 1 atom stereocenters. The van der Waals surface area contributed by atoms with E-state index in [0.717, 1.165) is 61.7 Å². The van der Waals surface area contributed by atoms with Gasteiger partial charge >= 0.3 is 0 Å². The summed E-state index contributed by atoms with van der Waals surface area (Å²) in [6.45, 7) is 6.92. The third kappa shape index (κ3) is 4.16. The lowest BCUT2D eigenvalue weighted by atomic mass is 10.0. The quantitative estimate of drug-likeness (QED) is 0.474. The number of aliphatic imine (C=N–C) groups is 1. The van der Waals surface area contributed by atoms with Gasteiger partial charge in [-0.25, -0.2) is 4.99 Å². The Morgan fingerprint density at radius 3 is 3.08 bits per heavy atom. The number of rotatable bonds is 5. The molecule has 0 spiro atoms. The zero-order chi connectivity index (χ0) is 18.5. The lowest BCUT2D eigenvalue weighted by Crippen LogP contribution is -2.50. The van der Waals surface area contributed by atoms with Crippen LogP contribution in [0.2, 0.25) is 0 Å². The van der Waals surface area contributed by atoms with Crippen LogP contribution in [-0.2, 0) is 6.42 Å². The predicted molar refractivity (Wildman–Crippen MR) is 108 cm³/mol. The second-order valence-corrected chi connectivity index (χ2v) is 6.92. The molecule has 7 nitrogen and oxygen atoms in total. The number of fused-ring (bicyclic) bond motifs is 1. The van der Waals surface area contributed by atoms with E-state index in [-0.39, 0.29) is 0 Å². The summed E-state index contributed by atoms with van der Waals surface area (Å²) in [5.41, 5.74) is 19.4. The number of nitrogens with one attached hydrogen (secondary N) is 2. The molecule has 2 aliphatic rings. The van der Waals surface area contributed by atoms with Gasteiger partial charge < -0.3 is 21.7 Å². The maximum Gasteiger partial charge on any atom is 0.146 e. The fraction of sp³-hybridized carbons (Fsp3) is 0.474. The monoisotopic (exact) mass is 355 g/mol. The van der Waals surface area contributed by atoms with Gasteiger partial charge in [0.15, 0.2) is 0 Å². The van der Waals surface area contributed by atoms with E-state index < -0.39 is 0 Å². The van der Waals surface area contributed by atoms with Crippen LogP contribution in [0.3, 0.4) is 0 Å². The normalized spacial score (nSPS) is 21.1. The number of hydrogen-bond acceptors (Lipinski definition) is 6. The molecule has 26 heavy (non-hydrogen) atoms. The Morgan fingerprint density at radius 2 is 2.31 bits per heavy atom. The van der Waals surface area contributed by atoms with Crippen LogP contribution in [0.25, 0.3) is 0 Å². The zero-order valence-corrected chi connectivity index (χ0v) is 15.6. The molecule has 0 bridgehead atoms. The van der Waals surface area contributed by atoms with Crippen LogP contribution in [0.1, 0.15) is 37.8 Å². The molecule has 0 aromatic heterocycles. The molecule has 0 radical (unpaired) electrons. The highest BCUT2D eigenvalue weighted by Gasteiger charge is 2.20. The Hall–Kier alpha value is -2.54. The Balaban J connectivity index is 1.76. The largest absolute Gasteiger partial charge is 0.402 e. The van der Waals surface area contributed by atoms with Crippen molar-refractivity contribution in [3.05, 3.63) is 41.3 Å². The second-order valence-electron chi connectivity index (χ2n) is 6.92. The molecule has 1 fully saturated rings. The standard InChI is InChI=1S/C19H29N7/c1-3-4-16-12-26(8-7-22-16)18(11-20)23-19(21)14-5-6-17-15(10-14)9-13(2)24-25-17/h5-6,10-11,16,22,25H,3-4,7-9,12,20H2,1-2H3,(H2,21,23)/b18-11+. The van der Waals surface area contributed by atoms with E-state index in [2.05, 4.69) is 38.7 Å². The molecule has 6 N–H and O–H groups in total. The second kappa shape index (κ2) is 8.23. The molecule has 2 aliphatic heterocycles. The van der Waals surface area contributed by atoms with Gasteiger partial charge in [-0.3, -0.25) is 5.43 Å². The number of nitrogens with two attached hydrogens (primary N) is 2. The van der Waals surface area contributed by atoms with E-state index in [1.165, 1.54) is 5.56 Å². The van der Waals surface area contributed by atoms with E-state index in [1.54, 1.807) is 6.20 Å². The van der Waals surface area contributed by atoms with E-state index in [1.807, 2.05) is 19.1 Å². The molecule has 1 aromatic rings. The van der Waals surface area contributed by atoms with Crippen molar-refractivity contribution >= 4 is 17.2 Å². The first kappa shape index (κ1) is 18.3. The van der Waals surface area contributed by atoms with Gasteiger partial charge in [-0.05, 0) is 37.1 Å². The summed E-state index contributed by atoms with van der Waals surface area (Å²) in [5, 5.41) is 7.80. The molecular weight excluding hydrogens is 326 g/mol. The number of hydrogen-bond donors (Lipinski definition) is 4. The van der Waals surface area contributed by atoms with Crippen molar-refractivity contribution in [3.8, 4) is 0 Å². The average molecular weight is 355 g/mol. The molecule has 3 rings (SSSR count). The average Bonchev–Trinajstić information content (AvgIpc) is 2.65. The van der Waals surface area contributed by atoms with Crippen molar-refractivity contribution < 1.29 is 0 Å². The minimum absolute atomic E-state index is 0.470. The van der Waals surface area contributed by atoms with Crippen LogP contribution in [0.15, 0.2) is 40.3 Å². The van der Waals surface area contributed by atoms with Crippen molar-refractivity contribution in [2.45, 2.75) is 39.2 Å². The molecule has 140 valence electrons. The topological polar surface area (TPSA) is 104 Å². The van der Waals surface area contributed by atoms with Gasteiger partial charge in [0.05, 0.1) is 5.69 Å². The minimum atomic E-state index is 0.470. The first-order chi connectivity index (χ1) is 12.6. The lowest BCUT2D eigenvalue weighted by molar-refractivity contribution is 0.236. The molecule has 7 heteroatoms. The van der Waals surface area contributed by atoms with Gasteiger partial charge in [-0.2, -0.15) is 5.10 Å². The fourth-order valence-corrected chi connectivity index (χ4v) is 3.46. The van der Waals surface area contributed by atoms with Gasteiger partial charge in [0, 0.05) is 49.6 Å². The van der Waals surface area contributed by atoms with Gasteiger partial charge in [0.25, 0.3) is 0 Å². The SMILES string of the molecule is CCCC1CN(C(=C/N)/N=C(\N)c2ccc3c(c2)CC(C)=NN3)CCN1. The number of anilines is 1. The van der Waals surface area contributed by atoms with E-state index in [4.69, 9.17) is 11.5 Å². The number of piperazine rings is 1. The molecule has 0 aliphatic carbocycles. The summed E-state index contributed by atoms with van der Waals surface area (Å²) >= 11 is 0.